The lowest BCUT2D eigenvalue weighted by Crippen LogP contribution is -2.34. The molecule has 0 radical (unpaired) electrons. The molecule has 1 atom stereocenters. The molecule has 0 saturated carbocycles. The Kier molecular flexibility index (Phi) is 30.9. The van der Waals surface area contributed by atoms with Crippen LogP contribution in [0.5, 0.6) is 5.75 Å². The van der Waals surface area contributed by atoms with E-state index in [4.69, 9.17) is 35.1 Å². The lowest BCUT2D eigenvalue weighted by molar-refractivity contribution is -0.215. The van der Waals surface area contributed by atoms with Crippen LogP contribution in [-0.2, 0) is 0 Å². The van der Waals surface area contributed by atoms with E-state index in [1.54, 1.807) is 212 Å². The van der Waals surface area contributed by atoms with E-state index in [0.29, 0.717) is 73.3 Å². The van der Waals surface area contributed by atoms with Gasteiger partial charge >= 0.3 is 41.9 Å². The molecule has 7 aromatic heterocycles. The number of para-hydroxylation sites is 1. The Morgan fingerprint density at radius 3 is 0.964 bits per heavy atom. The standard InChI is InChI=1S/C20H14N2O3.C19H15F3N2O3.3C17H13FN2O2.C17H14N2O2S/c23-20(24)16-4-1-3-15(13-16)18-10-11-22(21-18)17-8-6-14(7-9-17)19-5-2-12-25-19;1-12(20)19(21,22)27-16-7-5-15(6-8-16)24-10-9-17(23-24)13-3-2-4-14(11-13)18(25)26;1-11-4-2-7-15(16(11)18)20-9-8-14(19-20)12-5-3-6-13(10-12)17(21)22;2*1-11-5-6-16(14(18)9-11)20-8-7-15(19-20)12-3-2-4-13(10-12)17(21)22;1-22-16-8-3-2-7-15(16)19-10-9-14(18-19)12-5-4-6-13(11-12)17(20)21/h1-13H,(H,23,24);2-12H,1H3,(H,25,26);3*2-10H,1H3,(H,21,22);2-11H,1H3,(H,20,21). The fourth-order valence-electron chi connectivity index (χ4n) is 13.9. The van der Waals surface area contributed by atoms with Crippen LogP contribution in [0, 0.1) is 38.2 Å². The van der Waals surface area contributed by atoms with E-state index in [9.17, 15) is 55.1 Å². The number of nitrogens with zero attached hydrogens (tertiary/aromatic N) is 12. The average Bonchev–Trinajstić information content (AvgIpc) is 1.68. The van der Waals surface area contributed by atoms with Gasteiger partial charge in [0.05, 0.1) is 90.9 Å². The smallest absolute Gasteiger partial charge is 0.429 e. The summed E-state index contributed by atoms with van der Waals surface area (Å²) in [6, 6.07) is 90.1. The van der Waals surface area contributed by atoms with Crippen LogP contribution in [0.3, 0.4) is 0 Å². The molecule has 0 aliphatic heterocycles. The van der Waals surface area contributed by atoms with E-state index >= 15 is 0 Å². The summed E-state index contributed by atoms with van der Waals surface area (Å²) in [5.74, 6) is -6.29. The molecular weight excluding hydrogens is 1820 g/mol. The molecule has 0 amide bonds. The predicted octanol–water partition coefficient (Wildman–Crippen LogP) is 24.1. The number of alkyl halides is 3. The quantitative estimate of drug-likeness (QED) is 0.0256. The Morgan fingerprint density at radius 1 is 0.336 bits per heavy atom. The lowest BCUT2D eigenvalue weighted by atomic mass is 10.1. The van der Waals surface area contributed by atoms with Gasteiger partial charge in [0, 0.05) is 81.0 Å². The van der Waals surface area contributed by atoms with Gasteiger partial charge in [-0.3, -0.25) is 0 Å². The number of ether oxygens (including phenoxy) is 1. The SMILES string of the molecule is CC(F)C(F)(F)Oc1ccc(-n2ccc(-c3cccc(C(=O)O)c3)n2)cc1.CSc1ccccc1-n1ccc(-c2cccc(C(=O)O)c2)n1.Cc1ccc(-n2ccc(-c3cccc(C(=O)O)c3)n2)c(F)c1.Cc1ccc(-n2ccc(-c3cccc(C(=O)O)c3)n2)c(F)c1.Cc1cccc(-n2ccc(-c3cccc(C(=O)O)c3)n2)c1F.O=C(O)c1cccc(-c2ccn(-c3ccc(-c4ccco4)cc3)n2)c1. The first kappa shape index (κ1) is 97.7. The minimum atomic E-state index is -3.91. The zero-order valence-corrected chi connectivity index (χ0v) is 75.5. The number of halogens is 6. The van der Waals surface area contributed by atoms with Gasteiger partial charge in [0.1, 0.15) is 40.2 Å². The number of hydrogen-bond acceptors (Lipinski definition) is 15. The van der Waals surface area contributed by atoms with E-state index in [1.165, 1.54) is 85.5 Å². The molecule has 0 aliphatic rings. The van der Waals surface area contributed by atoms with Crippen molar-refractivity contribution < 1.29 is 94.9 Å². The summed E-state index contributed by atoms with van der Waals surface area (Å²) in [6.45, 7) is 6.05. The number of aryl methyl sites for hydroxylation is 3. The molecule has 140 heavy (non-hydrogen) atoms. The second-order valence-corrected chi connectivity index (χ2v) is 31.8. The van der Waals surface area contributed by atoms with Crippen molar-refractivity contribution in [2.75, 3.05) is 6.26 Å². The Hall–Kier alpha value is -18.3. The number of thioether (sulfide) groups is 1. The van der Waals surface area contributed by atoms with Crippen LogP contribution in [0.2, 0.25) is 0 Å². The second-order valence-electron chi connectivity index (χ2n) is 31.0. The molecule has 0 spiro atoms. The van der Waals surface area contributed by atoms with Crippen LogP contribution in [0.4, 0.5) is 26.3 Å². The Bertz CT molecular complexity index is 7540. The highest BCUT2D eigenvalue weighted by molar-refractivity contribution is 7.98. The maximum atomic E-state index is 14.1. The fraction of sp³-hybridized carbons (Fsp3) is 0.0654. The number of carboxylic acids is 6. The number of carbonyl (C=O) groups is 6. The van der Waals surface area contributed by atoms with E-state index in [0.717, 1.165) is 68.2 Å². The van der Waals surface area contributed by atoms with Gasteiger partial charge in [0.25, 0.3) is 0 Å². The summed E-state index contributed by atoms with van der Waals surface area (Å²) in [6.07, 6.45) is 7.67. The minimum absolute atomic E-state index is 0.145. The van der Waals surface area contributed by atoms with E-state index in [-0.39, 0.29) is 56.6 Å². The van der Waals surface area contributed by atoms with Gasteiger partial charge in [-0.25, -0.2) is 74.4 Å². The number of aromatic carboxylic acids is 6. The van der Waals surface area contributed by atoms with Crippen LogP contribution in [0.1, 0.15) is 85.8 Å². The summed E-state index contributed by atoms with van der Waals surface area (Å²) >= 11 is 1.66. The van der Waals surface area contributed by atoms with Crippen LogP contribution in [0.15, 0.2) is 374 Å². The molecule has 19 rings (SSSR count). The summed E-state index contributed by atoms with van der Waals surface area (Å²) in [5, 5.41) is 80.8. The fourth-order valence-corrected chi connectivity index (χ4v) is 14.5. The molecule has 33 heteroatoms. The molecule has 702 valence electrons. The van der Waals surface area contributed by atoms with Gasteiger partial charge in [-0.1, -0.05) is 109 Å². The normalized spacial score (nSPS) is 11.0. The molecule has 1 unspecified atom stereocenters. The molecule has 0 fully saturated rings. The van der Waals surface area contributed by atoms with Crippen molar-refractivity contribution in [3.63, 3.8) is 0 Å². The monoisotopic (exact) mass is 1900 g/mol. The molecule has 19 aromatic rings. The maximum absolute atomic E-state index is 14.1. The molecule has 7 heterocycles. The Labute approximate surface area is 799 Å². The van der Waals surface area contributed by atoms with Gasteiger partial charge < -0.3 is 39.8 Å². The summed E-state index contributed by atoms with van der Waals surface area (Å²) < 4.78 is 101. The van der Waals surface area contributed by atoms with Crippen molar-refractivity contribution in [1.82, 2.24) is 58.7 Å². The van der Waals surface area contributed by atoms with Gasteiger partial charge in [-0.2, -0.15) is 39.4 Å². The number of benzene rings is 12. The highest BCUT2D eigenvalue weighted by atomic mass is 32.2. The number of carboxylic acid groups (broad SMARTS) is 6. The van der Waals surface area contributed by atoms with Crippen LogP contribution in [-0.4, -0.2) is 144 Å². The Balaban J connectivity index is 0.000000134. The first-order valence-electron chi connectivity index (χ1n) is 42.5. The van der Waals surface area contributed by atoms with Crippen molar-refractivity contribution in [2.24, 2.45) is 0 Å². The molecular formula is C107H82F6N12O14S. The lowest BCUT2D eigenvalue weighted by Gasteiger charge is -2.19. The molecule has 12 aromatic carbocycles. The first-order valence-corrected chi connectivity index (χ1v) is 43.8. The van der Waals surface area contributed by atoms with Gasteiger partial charge in [0.15, 0.2) is 5.82 Å². The van der Waals surface area contributed by atoms with Gasteiger partial charge in [0.2, 0.25) is 6.17 Å². The molecule has 26 nitrogen and oxygen atoms in total. The van der Waals surface area contributed by atoms with Crippen molar-refractivity contribution in [3.8, 4) is 119 Å². The van der Waals surface area contributed by atoms with Crippen LogP contribution >= 0.6 is 11.8 Å². The third-order valence-electron chi connectivity index (χ3n) is 21.2. The molecule has 0 saturated heterocycles. The molecule has 0 aliphatic carbocycles. The number of furan rings is 1. The maximum Gasteiger partial charge on any atom is 0.429 e. The first-order chi connectivity index (χ1) is 67.3. The van der Waals surface area contributed by atoms with Gasteiger partial charge in [-0.05, 0) is 263 Å². The average molecular weight is 1910 g/mol. The Morgan fingerprint density at radius 2 is 0.643 bits per heavy atom. The predicted molar refractivity (Wildman–Crippen MR) is 515 cm³/mol. The largest absolute Gasteiger partial charge is 0.478 e. The highest BCUT2D eigenvalue weighted by Crippen LogP contribution is 2.33. The number of aromatic nitrogens is 12. The molecule has 6 N–H and O–H groups in total. The molecule has 0 bridgehead atoms. The van der Waals surface area contributed by atoms with Crippen molar-refractivity contribution >= 4 is 47.6 Å². The van der Waals surface area contributed by atoms with Crippen molar-refractivity contribution in [3.05, 3.63) is 432 Å². The zero-order valence-electron chi connectivity index (χ0n) is 74.7. The third-order valence-corrected chi connectivity index (χ3v) is 22.0. The number of rotatable bonds is 23. The van der Waals surface area contributed by atoms with E-state index in [2.05, 4.69) is 35.3 Å². The zero-order chi connectivity index (χ0) is 99.4. The van der Waals surface area contributed by atoms with E-state index in [1.807, 2.05) is 134 Å². The topological polar surface area (TPSA) is 353 Å². The summed E-state index contributed by atoms with van der Waals surface area (Å²) in [7, 11) is 0. The minimum Gasteiger partial charge on any atom is -0.478 e. The third kappa shape index (κ3) is 24.5. The summed E-state index contributed by atoms with van der Waals surface area (Å²) in [4.78, 5) is 67.4. The summed E-state index contributed by atoms with van der Waals surface area (Å²) in [5.41, 5.74) is 16.0. The van der Waals surface area contributed by atoms with Crippen molar-refractivity contribution in [1.29, 1.82) is 0 Å². The van der Waals surface area contributed by atoms with Gasteiger partial charge in [-0.15, -0.1) is 11.8 Å². The number of hydrogen-bond donors (Lipinski definition) is 6. The van der Waals surface area contributed by atoms with E-state index < -0.39 is 48.1 Å². The second kappa shape index (κ2) is 44.3. The van der Waals surface area contributed by atoms with Crippen molar-refractivity contribution in [2.45, 2.75) is 44.9 Å². The highest BCUT2D eigenvalue weighted by Gasteiger charge is 2.40. The van der Waals surface area contributed by atoms with Crippen LogP contribution < -0.4 is 4.74 Å². The van der Waals surface area contributed by atoms with Crippen LogP contribution in [0.25, 0.3) is 113 Å².